The number of terminal acetylenes is 1. The molecule has 80 valence electrons. The van der Waals surface area contributed by atoms with Crippen LogP contribution in [0.2, 0.25) is 0 Å². The van der Waals surface area contributed by atoms with Crippen molar-refractivity contribution in [3.8, 4) is 12.8 Å². The van der Waals surface area contributed by atoms with Crippen molar-refractivity contribution in [1.82, 2.24) is 0 Å². The van der Waals surface area contributed by atoms with Crippen molar-refractivity contribution in [2.45, 2.75) is 33.1 Å². The zero-order valence-electron chi connectivity index (χ0n) is 9.45. The highest BCUT2D eigenvalue weighted by molar-refractivity contribution is 5.01. The van der Waals surface area contributed by atoms with Gasteiger partial charge in [-0.2, -0.15) is 0 Å². The van der Waals surface area contributed by atoms with Crippen molar-refractivity contribution in [3.05, 3.63) is 24.3 Å². The van der Waals surface area contributed by atoms with E-state index >= 15 is 0 Å². The molecule has 1 heteroatoms. The first-order chi connectivity index (χ1) is 6.85. The first kappa shape index (κ1) is 15.5. The van der Waals surface area contributed by atoms with Gasteiger partial charge in [-0.3, -0.25) is 0 Å². The highest BCUT2D eigenvalue weighted by atomic mass is 14.5. The van der Waals surface area contributed by atoms with Crippen molar-refractivity contribution >= 4 is 0 Å². The quantitative estimate of drug-likeness (QED) is 0.509. The van der Waals surface area contributed by atoms with Gasteiger partial charge in [-0.1, -0.05) is 37.6 Å². The molecule has 0 aromatic rings. The summed E-state index contributed by atoms with van der Waals surface area (Å²) in [5.74, 6) is 0.775. The molecule has 1 unspecified atom stereocenters. The maximum absolute atomic E-state index is 5.50. The third kappa shape index (κ3) is 11.0. The van der Waals surface area contributed by atoms with Gasteiger partial charge in [0.15, 0.2) is 0 Å². The fourth-order valence-corrected chi connectivity index (χ4v) is 1.19. The van der Waals surface area contributed by atoms with Crippen LogP contribution in [0, 0.1) is 18.8 Å². The van der Waals surface area contributed by atoms with E-state index in [1.165, 1.54) is 6.42 Å². The molecule has 0 aromatic carbocycles. The molecule has 1 nitrogen and oxygen atoms in total. The van der Waals surface area contributed by atoms with E-state index in [2.05, 4.69) is 38.0 Å². The van der Waals surface area contributed by atoms with E-state index in [1.807, 2.05) is 13.0 Å². The van der Waals surface area contributed by atoms with Gasteiger partial charge in [-0.25, -0.2) is 0 Å². The Kier molecular flexibility index (Phi) is 16.0. The first-order valence-corrected chi connectivity index (χ1v) is 5.16. The molecule has 0 radical (unpaired) electrons. The summed E-state index contributed by atoms with van der Waals surface area (Å²) in [5, 5.41) is 0. The van der Waals surface area contributed by atoms with Gasteiger partial charge in [0.1, 0.15) is 0 Å². The van der Waals surface area contributed by atoms with Crippen molar-refractivity contribution in [2.24, 2.45) is 11.7 Å². The van der Waals surface area contributed by atoms with Crippen LogP contribution in [0.4, 0.5) is 0 Å². The zero-order valence-corrected chi connectivity index (χ0v) is 9.45. The predicted octanol–water partition coefficient (Wildman–Crippen LogP) is 3.13. The Hall–Kier alpha value is -1.00. The van der Waals surface area contributed by atoms with Crippen LogP contribution in [0.25, 0.3) is 0 Å². The molecule has 0 spiro atoms. The molecule has 0 bridgehead atoms. The Morgan fingerprint density at radius 2 is 1.93 bits per heavy atom. The summed E-state index contributed by atoms with van der Waals surface area (Å²) in [6.45, 7) is 5.07. The molecule has 2 N–H and O–H groups in total. The van der Waals surface area contributed by atoms with Crippen molar-refractivity contribution in [1.29, 1.82) is 0 Å². The molecule has 0 saturated heterocycles. The third-order valence-corrected chi connectivity index (χ3v) is 2.06. The second-order valence-electron chi connectivity index (χ2n) is 3.04. The second-order valence-corrected chi connectivity index (χ2v) is 3.04. The number of rotatable bonds is 6. The Labute approximate surface area is 89.1 Å². The Morgan fingerprint density at radius 1 is 1.29 bits per heavy atom. The minimum atomic E-state index is 0.775. The molecular weight excluding hydrogens is 170 g/mol. The molecule has 14 heavy (non-hydrogen) atoms. The Balaban J connectivity index is 0. The zero-order chi connectivity index (χ0) is 11.2. The van der Waals surface area contributed by atoms with Crippen LogP contribution in [0.15, 0.2) is 24.3 Å². The SMILES string of the molecule is C#C.C/C=C\C=C/CC(CC)CCN. The molecule has 0 aromatic heterocycles. The van der Waals surface area contributed by atoms with Gasteiger partial charge in [0.25, 0.3) is 0 Å². The van der Waals surface area contributed by atoms with Crippen LogP contribution in [-0.4, -0.2) is 6.54 Å². The summed E-state index contributed by atoms with van der Waals surface area (Å²) in [5.41, 5.74) is 5.50. The highest BCUT2D eigenvalue weighted by Crippen LogP contribution is 2.12. The highest BCUT2D eigenvalue weighted by Gasteiger charge is 2.00. The summed E-state index contributed by atoms with van der Waals surface area (Å²) in [4.78, 5) is 0. The van der Waals surface area contributed by atoms with Gasteiger partial charge >= 0.3 is 0 Å². The van der Waals surface area contributed by atoms with Gasteiger partial charge in [0.05, 0.1) is 0 Å². The topological polar surface area (TPSA) is 26.0 Å². The molecule has 0 amide bonds. The fourth-order valence-electron chi connectivity index (χ4n) is 1.19. The standard InChI is InChI=1S/C11H21N.C2H2/c1-3-5-6-7-8-11(4-2)9-10-12;1-2/h3,5-7,11H,4,8-10,12H2,1-2H3;1-2H/b5-3-,7-6-;. The molecule has 0 fully saturated rings. The average molecular weight is 193 g/mol. The number of nitrogens with two attached hydrogens (primary N) is 1. The van der Waals surface area contributed by atoms with E-state index in [0.717, 1.165) is 25.3 Å². The predicted molar refractivity (Wildman–Crippen MR) is 65.9 cm³/mol. The fraction of sp³-hybridized carbons (Fsp3) is 0.538. The van der Waals surface area contributed by atoms with Gasteiger partial charge in [-0.15, -0.1) is 12.8 Å². The summed E-state index contributed by atoms with van der Waals surface area (Å²) in [6.07, 6.45) is 20.0. The molecule has 1 atom stereocenters. The summed E-state index contributed by atoms with van der Waals surface area (Å²) >= 11 is 0. The number of hydrogen-bond acceptors (Lipinski definition) is 1. The molecule has 0 aliphatic rings. The molecule has 0 saturated carbocycles. The monoisotopic (exact) mass is 193 g/mol. The Bertz CT molecular complexity index is 165. The van der Waals surface area contributed by atoms with Crippen LogP contribution in [-0.2, 0) is 0 Å². The van der Waals surface area contributed by atoms with E-state index in [-0.39, 0.29) is 0 Å². The first-order valence-electron chi connectivity index (χ1n) is 5.16. The van der Waals surface area contributed by atoms with Crippen molar-refractivity contribution in [3.63, 3.8) is 0 Å². The number of hydrogen-bond donors (Lipinski definition) is 1. The average Bonchev–Trinajstić information content (AvgIpc) is 2.25. The maximum Gasteiger partial charge on any atom is -0.00745 e. The summed E-state index contributed by atoms with van der Waals surface area (Å²) < 4.78 is 0. The lowest BCUT2D eigenvalue weighted by molar-refractivity contribution is 0.483. The minimum absolute atomic E-state index is 0.775. The van der Waals surface area contributed by atoms with Crippen molar-refractivity contribution < 1.29 is 0 Å². The van der Waals surface area contributed by atoms with Gasteiger partial charge in [-0.05, 0) is 32.2 Å². The lowest BCUT2D eigenvalue weighted by atomic mass is 9.98. The van der Waals surface area contributed by atoms with Crippen LogP contribution >= 0.6 is 0 Å². The summed E-state index contributed by atoms with van der Waals surface area (Å²) in [7, 11) is 0. The largest absolute Gasteiger partial charge is 0.330 e. The van der Waals surface area contributed by atoms with Crippen LogP contribution < -0.4 is 5.73 Å². The van der Waals surface area contributed by atoms with E-state index < -0.39 is 0 Å². The second kappa shape index (κ2) is 14.5. The molecular formula is C13H23N. The van der Waals surface area contributed by atoms with E-state index in [0.29, 0.717) is 0 Å². The third-order valence-electron chi connectivity index (χ3n) is 2.06. The number of allylic oxidation sites excluding steroid dienone is 4. The normalized spacial score (nSPS) is 12.6. The van der Waals surface area contributed by atoms with Gasteiger partial charge in [0, 0.05) is 0 Å². The summed E-state index contributed by atoms with van der Waals surface area (Å²) in [6, 6.07) is 0. The molecule has 0 rings (SSSR count). The van der Waals surface area contributed by atoms with Gasteiger partial charge < -0.3 is 5.73 Å². The van der Waals surface area contributed by atoms with E-state index in [1.54, 1.807) is 0 Å². The van der Waals surface area contributed by atoms with Crippen LogP contribution in [0.1, 0.15) is 33.1 Å². The lowest BCUT2D eigenvalue weighted by Crippen LogP contribution is -2.06. The van der Waals surface area contributed by atoms with Crippen molar-refractivity contribution in [2.75, 3.05) is 6.54 Å². The molecule has 0 aliphatic carbocycles. The lowest BCUT2D eigenvalue weighted by Gasteiger charge is -2.09. The maximum atomic E-state index is 5.50. The minimum Gasteiger partial charge on any atom is -0.330 e. The van der Waals surface area contributed by atoms with Gasteiger partial charge in [0.2, 0.25) is 0 Å². The Morgan fingerprint density at radius 3 is 2.36 bits per heavy atom. The molecule has 0 heterocycles. The smallest absolute Gasteiger partial charge is 0.00745 e. The van der Waals surface area contributed by atoms with E-state index in [9.17, 15) is 0 Å². The van der Waals surface area contributed by atoms with E-state index in [4.69, 9.17) is 5.73 Å². The van der Waals surface area contributed by atoms with Crippen LogP contribution in [0.3, 0.4) is 0 Å². The van der Waals surface area contributed by atoms with Crippen LogP contribution in [0.5, 0.6) is 0 Å². The molecule has 0 aliphatic heterocycles.